The molecule has 0 unspecified atom stereocenters. The Morgan fingerprint density at radius 2 is 1.96 bits per heavy atom. The largest absolute Gasteiger partial charge is 0.478 e. The maximum atomic E-state index is 12.9. The van der Waals surface area contributed by atoms with Crippen molar-refractivity contribution >= 4 is 26.8 Å². The fourth-order valence-corrected chi connectivity index (χ4v) is 3.63. The highest BCUT2D eigenvalue weighted by atomic mass is 32.2. The minimum atomic E-state index is -4.01. The molecular weight excluding hydrogens is 372 g/mol. The summed E-state index contributed by atoms with van der Waals surface area (Å²) in [7, 11) is -4.01. The first-order chi connectivity index (χ1) is 12.8. The summed E-state index contributed by atoms with van der Waals surface area (Å²) in [5.41, 5.74) is 2.28. The zero-order chi connectivity index (χ0) is 19.8. The molecular formula is C17H22N4O5S. The molecule has 0 amide bonds. The number of hydrogen-bond donors (Lipinski definition) is 1. The number of imidazole rings is 1. The number of aromatic nitrogens is 4. The van der Waals surface area contributed by atoms with Crippen LogP contribution in [-0.4, -0.2) is 44.3 Å². The molecule has 0 aliphatic carbocycles. The number of pyridine rings is 1. The lowest BCUT2D eigenvalue weighted by Crippen LogP contribution is -2.23. The van der Waals surface area contributed by atoms with E-state index in [4.69, 9.17) is 9.29 Å². The molecule has 0 bridgehead atoms. The van der Waals surface area contributed by atoms with Crippen molar-refractivity contribution in [2.45, 2.75) is 40.2 Å². The lowest BCUT2D eigenvalue weighted by atomic mass is 10.3. The van der Waals surface area contributed by atoms with E-state index in [0.717, 1.165) is 5.82 Å². The van der Waals surface area contributed by atoms with E-state index >= 15 is 0 Å². The minimum Gasteiger partial charge on any atom is -0.478 e. The standard InChI is InChI=1S/C17H22N4O5S/c1-4-13-18-11(3)15-17(22)20(5-2)12-7-8-14(19-16(12)21(13)15)26-9-6-10-27(23,24)25/h7-8H,4-6,9-10H2,1-3H3,(H,23,24,25). The molecule has 27 heavy (non-hydrogen) atoms. The van der Waals surface area contributed by atoms with Crippen LogP contribution in [0.3, 0.4) is 0 Å². The Labute approximate surface area is 156 Å². The summed E-state index contributed by atoms with van der Waals surface area (Å²) in [4.78, 5) is 21.9. The molecule has 3 aromatic rings. The summed E-state index contributed by atoms with van der Waals surface area (Å²) in [6.07, 6.45) is 0.785. The average molecular weight is 394 g/mol. The van der Waals surface area contributed by atoms with Gasteiger partial charge in [0.1, 0.15) is 11.3 Å². The number of fused-ring (bicyclic) bond motifs is 3. The Hall–Kier alpha value is -2.46. The van der Waals surface area contributed by atoms with Crippen molar-refractivity contribution in [2.75, 3.05) is 12.4 Å². The van der Waals surface area contributed by atoms with Crippen LogP contribution in [0, 0.1) is 6.92 Å². The first kappa shape index (κ1) is 19.3. The Kier molecular flexibility index (Phi) is 5.20. The zero-order valence-corrected chi connectivity index (χ0v) is 16.3. The third-order valence-electron chi connectivity index (χ3n) is 4.33. The lowest BCUT2D eigenvalue weighted by molar-refractivity contribution is 0.305. The number of rotatable bonds is 7. The third kappa shape index (κ3) is 3.67. The van der Waals surface area contributed by atoms with E-state index in [2.05, 4.69) is 9.97 Å². The van der Waals surface area contributed by atoms with Gasteiger partial charge in [0.15, 0.2) is 5.65 Å². The molecule has 0 saturated heterocycles. The Balaban J connectivity index is 2.10. The molecule has 1 N–H and O–H groups in total. The van der Waals surface area contributed by atoms with E-state index in [1.807, 2.05) is 13.8 Å². The fourth-order valence-electron chi connectivity index (χ4n) is 3.15. The number of aryl methyl sites for hydroxylation is 3. The maximum Gasteiger partial charge on any atom is 0.277 e. The second kappa shape index (κ2) is 7.28. The van der Waals surface area contributed by atoms with Crippen molar-refractivity contribution in [2.24, 2.45) is 0 Å². The van der Waals surface area contributed by atoms with Crippen molar-refractivity contribution < 1.29 is 17.7 Å². The van der Waals surface area contributed by atoms with Gasteiger partial charge in [-0.3, -0.25) is 13.7 Å². The average Bonchev–Trinajstić information content (AvgIpc) is 2.96. The Morgan fingerprint density at radius 1 is 1.22 bits per heavy atom. The second-order valence-electron chi connectivity index (χ2n) is 6.18. The molecule has 0 aromatic carbocycles. The molecule has 3 aromatic heterocycles. The topological polar surface area (TPSA) is 116 Å². The van der Waals surface area contributed by atoms with Gasteiger partial charge in [0, 0.05) is 19.0 Å². The van der Waals surface area contributed by atoms with Gasteiger partial charge in [-0.25, -0.2) is 4.98 Å². The molecule has 3 rings (SSSR count). The molecule has 0 aliphatic heterocycles. The molecule has 0 spiro atoms. The number of hydrogen-bond acceptors (Lipinski definition) is 6. The van der Waals surface area contributed by atoms with Crippen LogP contribution in [0.5, 0.6) is 5.88 Å². The molecule has 146 valence electrons. The Morgan fingerprint density at radius 3 is 2.59 bits per heavy atom. The lowest BCUT2D eigenvalue weighted by Gasteiger charge is -2.12. The highest BCUT2D eigenvalue weighted by Crippen LogP contribution is 2.21. The molecule has 0 aliphatic rings. The van der Waals surface area contributed by atoms with E-state index in [-0.39, 0.29) is 24.3 Å². The van der Waals surface area contributed by atoms with Crippen LogP contribution >= 0.6 is 0 Å². The van der Waals surface area contributed by atoms with Gasteiger partial charge in [0.25, 0.3) is 15.7 Å². The summed E-state index contributed by atoms with van der Waals surface area (Å²) in [5, 5.41) is 0. The van der Waals surface area contributed by atoms with Gasteiger partial charge >= 0.3 is 0 Å². The van der Waals surface area contributed by atoms with Gasteiger partial charge < -0.3 is 9.30 Å². The normalized spacial score (nSPS) is 12.1. The van der Waals surface area contributed by atoms with Gasteiger partial charge in [-0.15, -0.1) is 0 Å². The monoisotopic (exact) mass is 394 g/mol. The molecule has 0 saturated carbocycles. The van der Waals surface area contributed by atoms with Crippen LogP contribution in [0.4, 0.5) is 0 Å². The summed E-state index contributed by atoms with van der Waals surface area (Å²) >= 11 is 0. The molecule has 0 atom stereocenters. The van der Waals surface area contributed by atoms with E-state index in [0.29, 0.717) is 41.2 Å². The van der Waals surface area contributed by atoms with Crippen LogP contribution in [0.1, 0.15) is 31.8 Å². The summed E-state index contributed by atoms with van der Waals surface area (Å²) in [6, 6.07) is 3.40. The summed E-state index contributed by atoms with van der Waals surface area (Å²) in [6.45, 7) is 6.24. The number of nitrogens with zero attached hydrogens (tertiary/aromatic N) is 4. The van der Waals surface area contributed by atoms with Crippen LogP contribution in [0.25, 0.3) is 16.7 Å². The highest BCUT2D eigenvalue weighted by molar-refractivity contribution is 7.85. The van der Waals surface area contributed by atoms with Crippen molar-refractivity contribution in [3.8, 4) is 5.88 Å². The first-order valence-corrected chi connectivity index (χ1v) is 10.4. The van der Waals surface area contributed by atoms with Crippen LogP contribution in [0.15, 0.2) is 16.9 Å². The Bertz CT molecular complexity index is 1160. The predicted octanol–water partition coefficient (Wildman–Crippen LogP) is 1.59. The van der Waals surface area contributed by atoms with Gasteiger partial charge in [-0.2, -0.15) is 13.4 Å². The first-order valence-electron chi connectivity index (χ1n) is 8.76. The van der Waals surface area contributed by atoms with Gasteiger partial charge in [-0.1, -0.05) is 6.92 Å². The molecule has 3 heterocycles. The van der Waals surface area contributed by atoms with Gasteiger partial charge in [-0.05, 0) is 26.3 Å². The maximum absolute atomic E-state index is 12.9. The number of ether oxygens (including phenoxy) is 1. The molecule has 9 nitrogen and oxygen atoms in total. The fraction of sp³-hybridized carbons (Fsp3) is 0.471. The van der Waals surface area contributed by atoms with Gasteiger partial charge in [0.05, 0.1) is 23.6 Å². The highest BCUT2D eigenvalue weighted by Gasteiger charge is 2.18. The van der Waals surface area contributed by atoms with Crippen LogP contribution in [-0.2, 0) is 23.1 Å². The van der Waals surface area contributed by atoms with E-state index < -0.39 is 10.1 Å². The molecule has 0 fully saturated rings. The van der Waals surface area contributed by atoms with Crippen molar-refractivity contribution in [3.05, 3.63) is 34.0 Å². The van der Waals surface area contributed by atoms with E-state index in [9.17, 15) is 13.2 Å². The molecule has 0 radical (unpaired) electrons. The summed E-state index contributed by atoms with van der Waals surface area (Å²) < 4.78 is 39.3. The van der Waals surface area contributed by atoms with E-state index in [1.54, 1.807) is 28.0 Å². The smallest absolute Gasteiger partial charge is 0.277 e. The van der Waals surface area contributed by atoms with Crippen molar-refractivity contribution in [1.82, 2.24) is 18.9 Å². The third-order valence-corrected chi connectivity index (χ3v) is 5.13. The van der Waals surface area contributed by atoms with Crippen LogP contribution in [0.2, 0.25) is 0 Å². The summed E-state index contributed by atoms with van der Waals surface area (Å²) in [5.74, 6) is 0.679. The minimum absolute atomic E-state index is 0.0957. The van der Waals surface area contributed by atoms with Crippen molar-refractivity contribution in [1.29, 1.82) is 0 Å². The second-order valence-corrected chi connectivity index (χ2v) is 7.75. The predicted molar refractivity (Wildman–Crippen MR) is 101 cm³/mol. The van der Waals surface area contributed by atoms with Crippen molar-refractivity contribution in [3.63, 3.8) is 0 Å². The van der Waals surface area contributed by atoms with Gasteiger partial charge in [0.2, 0.25) is 5.88 Å². The quantitative estimate of drug-likeness (QED) is 0.478. The van der Waals surface area contributed by atoms with Crippen LogP contribution < -0.4 is 10.3 Å². The van der Waals surface area contributed by atoms with E-state index in [1.165, 1.54) is 0 Å². The molecule has 10 heteroatoms. The zero-order valence-electron chi connectivity index (χ0n) is 15.5. The SMILES string of the molecule is CCc1nc(C)c2c(=O)n(CC)c3ccc(OCCCS(=O)(=O)O)nc3n12.